The highest BCUT2D eigenvalue weighted by Gasteiger charge is 2.44. The lowest BCUT2D eigenvalue weighted by Crippen LogP contribution is -2.46. The number of carboxylic acids is 1. The molecule has 5 aromatic rings. The van der Waals surface area contributed by atoms with Crippen LogP contribution in [0.1, 0.15) is 57.9 Å². The molecule has 0 amide bonds. The van der Waals surface area contributed by atoms with Crippen molar-refractivity contribution in [1.29, 1.82) is 0 Å². The zero-order valence-corrected chi connectivity index (χ0v) is 34.8. The van der Waals surface area contributed by atoms with Gasteiger partial charge in [0.25, 0.3) is 6.33 Å². The molecule has 2 N–H and O–H groups in total. The van der Waals surface area contributed by atoms with Gasteiger partial charge in [-0.2, -0.15) is 9.67 Å². The fraction of sp³-hybridized carbons (Fsp3) is 0.442. The summed E-state index contributed by atoms with van der Waals surface area (Å²) in [4.78, 5) is 40.2. The maximum Gasteiger partial charge on any atom is 0.511 e. The summed E-state index contributed by atoms with van der Waals surface area (Å²) in [6.45, 7) is 8.40. The molecule has 2 aliphatic heterocycles. The van der Waals surface area contributed by atoms with Crippen molar-refractivity contribution >= 4 is 23.5 Å². The third kappa shape index (κ3) is 10.1. The number of anilines is 2. The molecule has 0 spiro atoms. The first-order valence-electron chi connectivity index (χ1n) is 20.6. The molecule has 7 rings (SSSR count). The van der Waals surface area contributed by atoms with Crippen molar-refractivity contribution in [1.82, 2.24) is 24.1 Å². The van der Waals surface area contributed by atoms with E-state index in [-0.39, 0.29) is 42.8 Å². The minimum absolute atomic E-state index is 0.101. The summed E-state index contributed by atoms with van der Waals surface area (Å²) >= 11 is 0. The van der Waals surface area contributed by atoms with Crippen LogP contribution < -0.4 is 24.8 Å². The largest absolute Gasteiger partial charge is 0.511 e. The molecule has 1 unspecified atom stereocenters. The number of ether oxygens (including phenoxy) is 4. The molecule has 19 heteroatoms. The lowest BCUT2D eigenvalue weighted by Gasteiger charge is -2.37. The van der Waals surface area contributed by atoms with Gasteiger partial charge in [-0.05, 0) is 74.4 Å². The first-order valence-corrected chi connectivity index (χ1v) is 20.6. The van der Waals surface area contributed by atoms with Gasteiger partial charge in [0.05, 0.1) is 36.6 Å². The third-order valence-electron chi connectivity index (χ3n) is 11.4. The molecule has 62 heavy (non-hydrogen) atoms. The van der Waals surface area contributed by atoms with Crippen molar-refractivity contribution in [2.24, 2.45) is 5.92 Å². The molecular weight excluding hydrogens is 811 g/mol. The van der Waals surface area contributed by atoms with Gasteiger partial charge in [0.15, 0.2) is 6.61 Å². The monoisotopic (exact) mass is 861 g/mol. The van der Waals surface area contributed by atoms with Gasteiger partial charge in [0, 0.05) is 73.5 Å². The van der Waals surface area contributed by atoms with Crippen molar-refractivity contribution in [2.45, 2.75) is 70.6 Å². The fourth-order valence-corrected chi connectivity index (χ4v) is 8.07. The number of carbonyl (C=O) groups excluding carboxylic acids is 1. The summed E-state index contributed by atoms with van der Waals surface area (Å²) < 4.78 is 57.4. The van der Waals surface area contributed by atoms with Crippen LogP contribution in [0.15, 0.2) is 90.5 Å². The molecule has 2 aliphatic rings. The number of aliphatic hydroxyl groups is 1. The predicted molar refractivity (Wildman–Crippen MR) is 219 cm³/mol. The Morgan fingerprint density at radius 1 is 0.968 bits per heavy atom. The van der Waals surface area contributed by atoms with Gasteiger partial charge < -0.3 is 39.0 Å². The Morgan fingerprint density at radius 3 is 2.26 bits per heavy atom. The van der Waals surface area contributed by atoms with E-state index >= 15 is 4.39 Å². The standard InChI is InChI=1S/C43H50F2N8O9/c1-4-39(29(2)54)53-41(57)52(27-47-53)35-8-6-33(7-9-35)48-17-19-49(20-18-48)34-10-12-36(13-11-34)59-23-31-22-43(61-24-31,37-14-5-32(44)21-38(37)45)15-16-51-28-50(26-46-51)30(3)62-42(58)60-25-40(55)56/h5-14,21,26-31,39,54H,4,15-20,22-25H2,1-3H3/p+1/t29-,30?,31+,39-,43+/m0/s1. The van der Waals surface area contributed by atoms with Crippen LogP contribution in [0.5, 0.6) is 5.75 Å². The summed E-state index contributed by atoms with van der Waals surface area (Å²) in [5.74, 6) is -2.14. The Labute approximate surface area is 356 Å². The highest BCUT2D eigenvalue weighted by atomic mass is 19.1. The van der Waals surface area contributed by atoms with E-state index in [2.05, 4.69) is 24.7 Å². The minimum Gasteiger partial charge on any atom is -0.493 e. The summed E-state index contributed by atoms with van der Waals surface area (Å²) in [6.07, 6.45) is 3.07. The van der Waals surface area contributed by atoms with E-state index in [0.29, 0.717) is 30.9 Å². The first-order chi connectivity index (χ1) is 29.8. The Morgan fingerprint density at radius 2 is 1.63 bits per heavy atom. The molecule has 0 radical (unpaired) electrons. The van der Waals surface area contributed by atoms with Gasteiger partial charge in [-0.15, -0.1) is 4.68 Å². The van der Waals surface area contributed by atoms with E-state index in [9.17, 15) is 23.9 Å². The van der Waals surface area contributed by atoms with Crippen LogP contribution in [0.25, 0.3) is 5.69 Å². The van der Waals surface area contributed by atoms with Gasteiger partial charge >= 0.3 is 17.8 Å². The van der Waals surface area contributed by atoms with Crippen LogP contribution in [0, 0.1) is 17.6 Å². The number of carboxylic acid groups (broad SMARTS) is 1. The summed E-state index contributed by atoms with van der Waals surface area (Å²) in [5.41, 5.74) is 1.68. The number of nitrogens with zero attached hydrogens (tertiary/aromatic N) is 8. The van der Waals surface area contributed by atoms with Crippen molar-refractivity contribution in [2.75, 3.05) is 55.8 Å². The van der Waals surface area contributed by atoms with Crippen molar-refractivity contribution in [3.63, 3.8) is 0 Å². The van der Waals surface area contributed by atoms with Crippen molar-refractivity contribution < 1.29 is 52.1 Å². The van der Waals surface area contributed by atoms with Crippen LogP contribution in [0.4, 0.5) is 25.0 Å². The van der Waals surface area contributed by atoms with E-state index in [4.69, 9.17) is 19.3 Å². The van der Waals surface area contributed by atoms with Crippen LogP contribution in [-0.2, 0) is 31.2 Å². The maximum absolute atomic E-state index is 15.3. The van der Waals surface area contributed by atoms with Crippen LogP contribution >= 0.6 is 0 Å². The molecule has 2 aromatic heterocycles. The molecule has 17 nitrogen and oxygen atoms in total. The number of piperazine rings is 1. The molecule has 330 valence electrons. The second-order valence-electron chi connectivity index (χ2n) is 15.6. The van der Waals surface area contributed by atoms with Crippen LogP contribution in [0.2, 0.25) is 0 Å². The number of aliphatic carboxylic acids is 1. The number of halogens is 2. The summed E-state index contributed by atoms with van der Waals surface area (Å²) in [6, 6.07) is 18.8. The topological polar surface area (TPSA) is 180 Å². The molecule has 0 aliphatic carbocycles. The molecule has 2 fully saturated rings. The van der Waals surface area contributed by atoms with Gasteiger partial charge in [0.1, 0.15) is 30.3 Å². The van der Waals surface area contributed by atoms with E-state index in [1.807, 2.05) is 55.5 Å². The van der Waals surface area contributed by atoms with E-state index in [0.717, 1.165) is 43.6 Å². The minimum atomic E-state index is -1.31. The fourth-order valence-electron chi connectivity index (χ4n) is 8.07. The molecule has 4 heterocycles. The SMILES string of the molecule is CC[C@@H]([C@H](C)O)n1ncn(-c2ccc(N3CCN(c4ccc(OC[C@@H]5CO[C@@](CCn6c[n+](C(C)OC(=O)OCC(=O)O)cn6)(c6ccc(F)cc6F)C5)cc4)CC3)cc2)c1=O. The van der Waals surface area contributed by atoms with Gasteiger partial charge in [-0.3, -0.25) is 0 Å². The normalized spacial score (nSPS) is 19.2. The Hall–Kier alpha value is -6.34. The quantitative estimate of drug-likeness (QED) is 0.0979. The van der Waals surface area contributed by atoms with Gasteiger partial charge in [-0.1, -0.05) is 13.0 Å². The van der Waals surface area contributed by atoms with Crippen LogP contribution in [0.3, 0.4) is 0 Å². The third-order valence-corrected chi connectivity index (χ3v) is 11.4. The number of hydrogen-bond donors (Lipinski definition) is 2. The number of aliphatic hydroxyl groups excluding tert-OH is 1. The number of hydrogen-bond acceptors (Lipinski definition) is 12. The first kappa shape index (κ1) is 43.7. The number of benzene rings is 3. The predicted octanol–water partition coefficient (Wildman–Crippen LogP) is 4.61. The zero-order valence-electron chi connectivity index (χ0n) is 34.8. The van der Waals surface area contributed by atoms with Crippen LogP contribution in [-0.4, -0.2) is 98.6 Å². The lowest BCUT2D eigenvalue weighted by molar-refractivity contribution is -0.754. The number of aromatic nitrogens is 6. The maximum atomic E-state index is 15.3. The Kier molecular flexibility index (Phi) is 13.5. The number of rotatable bonds is 17. The smallest absolute Gasteiger partial charge is 0.493 e. The highest BCUT2D eigenvalue weighted by molar-refractivity contribution is 5.71. The Bertz CT molecular complexity index is 2360. The average Bonchev–Trinajstić information content (AvgIpc) is 4.01. The van der Waals surface area contributed by atoms with Crippen molar-refractivity contribution in [3.8, 4) is 11.4 Å². The van der Waals surface area contributed by atoms with Gasteiger partial charge in [0.2, 0.25) is 12.6 Å². The highest BCUT2D eigenvalue weighted by Crippen LogP contribution is 2.43. The molecule has 5 atom stereocenters. The molecular formula is C43H51F2N8O9+. The molecule has 0 saturated carbocycles. The zero-order chi connectivity index (χ0) is 44.0. The second kappa shape index (κ2) is 19.1. The molecule has 0 bridgehead atoms. The number of aryl methyl sites for hydroxylation is 1. The van der Waals surface area contributed by atoms with Crippen molar-refractivity contribution in [3.05, 3.63) is 113 Å². The second-order valence-corrected chi connectivity index (χ2v) is 15.6. The summed E-state index contributed by atoms with van der Waals surface area (Å²) in [5, 5.41) is 27.4. The molecule has 3 aromatic carbocycles. The van der Waals surface area contributed by atoms with E-state index in [1.165, 1.54) is 38.6 Å². The average molecular weight is 862 g/mol. The summed E-state index contributed by atoms with van der Waals surface area (Å²) in [7, 11) is 0. The lowest BCUT2D eigenvalue weighted by atomic mass is 9.84. The molecule has 2 saturated heterocycles. The Balaban J connectivity index is 0.913. The van der Waals surface area contributed by atoms with E-state index < -0.39 is 48.3 Å². The van der Waals surface area contributed by atoms with E-state index in [1.54, 1.807) is 24.9 Å². The number of carbonyl (C=O) groups is 2. The van der Waals surface area contributed by atoms with Gasteiger partial charge in [-0.25, -0.2) is 32.4 Å².